The summed E-state index contributed by atoms with van der Waals surface area (Å²) in [7, 11) is 0. The van der Waals surface area contributed by atoms with E-state index < -0.39 is 0 Å². The van der Waals surface area contributed by atoms with Crippen LogP contribution in [0.3, 0.4) is 0 Å². The van der Waals surface area contributed by atoms with Gasteiger partial charge in [-0.15, -0.1) is 0 Å². The van der Waals surface area contributed by atoms with E-state index in [4.69, 9.17) is 5.73 Å². The van der Waals surface area contributed by atoms with Crippen LogP contribution in [0.15, 0.2) is 0 Å². The van der Waals surface area contributed by atoms with Gasteiger partial charge in [-0.25, -0.2) is 0 Å². The van der Waals surface area contributed by atoms with E-state index in [1.807, 2.05) is 0 Å². The third-order valence-electron chi connectivity index (χ3n) is 2.43. The molecule has 0 aromatic rings. The Labute approximate surface area is 85.6 Å². The average molecular weight is 199 g/mol. The van der Waals surface area contributed by atoms with Gasteiger partial charge in [0, 0.05) is 18.6 Å². The quantitative estimate of drug-likeness (QED) is 0.576. The van der Waals surface area contributed by atoms with Gasteiger partial charge in [-0.3, -0.25) is 4.79 Å². The van der Waals surface area contributed by atoms with Crippen LogP contribution in [0.25, 0.3) is 0 Å². The van der Waals surface area contributed by atoms with Gasteiger partial charge in [-0.2, -0.15) is 0 Å². The molecule has 0 radical (unpaired) electrons. The standard InChI is InChI=1S/C10H21N3O/c1-7(2)5-13-10(14)6-12-9-3-8(11)4-9/h7-9,12H,3-6,11H2,1-2H3,(H,13,14). The maximum Gasteiger partial charge on any atom is 0.233 e. The molecule has 0 spiro atoms. The van der Waals surface area contributed by atoms with Gasteiger partial charge in [0.25, 0.3) is 0 Å². The van der Waals surface area contributed by atoms with Crippen molar-refractivity contribution in [2.24, 2.45) is 11.7 Å². The molecular formula is C10H21N3O. The first kappa shape index (κ1) is 11.5. The molecule has 4 heteroatoms. The molecule has 0 aromatic heterocycles. The maximum absolute atomic E-state index is 11.3. The lowest BCUT2D eigenvalue weighted by Gasteiger charge is -2.32. The molecular weight excluding hydrogens is 178 g/mol. The van der Waals surface area contributed by atoms with Gasteiger partial charge in [0.1, 0.15) is 0 Å². The summed E-state index contributed by atoms with van der Waals surface area (Å²) in [6, 6.07) is 0.793. The second-order valence-electron chi connectivity index (χ2n) is 4.51. The highest BCUT2D eigenvalue weighted by Gasteiger charge is 2.25. The van der Waals surface area contributed by atoms with Gasteiger partial charge in [0.15, 0.2) is 0 Å². The highest BCUT2D eigenvalue weighted by Crippen LogP contribution is 2.16. The predicted molar refractivity (Wildman–Crippen MR) is 56.8 cm³/mol. The Morgan fingerprint density at radius 3 is 2.64 bits per heavy atom. The average Bonchev–Trinajstić information content (AvgIpc) is 2.07. The maximum atomic E-state index is 11.3. The first-order valence-corrected chi connectivity index (χ1v) is 5.33. The van der Waals surface area contributed by atoms with Crippen LogP contribution in [0.2, 0.25) is 0 Å². The molecule has 4 N–H and O–H groups in total. The fraction of sp³-hybridized carbons (Fsp3) is 0.900. The van der Waals surface area contributed by atoms with Crippen LogP contribution in [0.4, 0.5) is 0 Å². The van der Waals surface area contributed by atoms with Crippen molar-refractivity contribution in [2.45, 2.75) is 38.8 Å². The lowest BCUT2D eigenvalue weighted by Crippen LogP contribution is -2.51. The van der Waals surface area contributed by atoms with Crippen molar-refractivity contribution in [1.82, 2.24) is 10.6 Å². The summed E-state index contributed by atoms with van der Waals surface area (Å²) in [6.07, 6.45) is 1.99. The SMILES string of the molecule is CC(C)CNC(=O)CNC1CC(N)C1. The van der Waals surface area contributed by atoms with Crippen LogP contribution < -0.4 is 16.4 Å². The Morgan fingerprint density at radius 2 is 2.14 bits per heavy atom. The van der Waals surface area contributed by atoms with Crippen LogP contribution in [0.1, 0.15) is 26.7 Å². The molecule has 0 bridgehead atoms. The second kappa shape index (κ2) is 5.32. The van der Waals surface area contributed by atoms with Gasteiger partial charge in [-0.1, -0.05) is 13.8 Å². The molecule has 82 valence electrons. The third-order valence-corrected chi connectivity index (χ3v) is 2.43. The predicted octanol–water partition coefficient (Wildman–Crippen LogP) is -0.162. The number of hydrogen-bond acceptors (Lipinski definition) is 3. The van der Waals surface area contributed by atoms with Crippen molar-refractivity contribution in [3.63, 3.8) is 0 Å². The number of hydrogen-bond donors (Lipinski definition) is 3. The van der Waals surface area contributed by atoms with Crippen molar-refractivity contribution in [2.75, 3.05) is 13.1 Å². The molecule has 0 atom stereocenters. The largest absolute Gasteiger partial charge is 0.355 e. The lowest BCUT2D eigenvalue weighted by molar-refractivity contribution is -0.120. The van der Waals surface area contributed by atoms with Crippen molar-refractivity contribution < 1.29 is 4.79 Å². The number of carbonyl (C=O) groups is 1. The van der Waals surface area contributed by atoms with Crippen LogP contribution in [-0.4, -0.2) is 31.1 Å². The van der Waals surface area contributed by atoms with Crippen LogP contribution in [0, 0.1) is 5.92 Å². The van der Waals surface area contributed by atoms with Gasteiger partial charge >= 0.3 is 0 Å². The van der Waals surface area contributed by atoms with E-state index in [9.17, 15) is 4.79 Å². The molecule has 0 unspecified atom stereocenters. The van der Waals surface area contributed by atoms with E-state index in [0.717, 1.165) is 19.4 Å². The fourth-order valence-electron chi connectivity index (χ4n) is 1.45. The number of nitrogens with two attached hydrogens (primary N) is 1. The minimum Gasteiger partial charge on any atom is -0.355 e. The van der Waals surface area contributed by atoms with E-state index in [1.54, 1.807) is 0 Å². The summed E-state index contributed by atoms with van der Waals surface area (Å²) in [6.45, 7) is 5.34. The molecule has 14 heavy (non-hydrogen) atoms. The molecule has 0 aromatic carbocycles. The van der Waals surface area contributed by atoms with E-state index in [1.165, 1.54) is 0 Å². The summed E-state index contributed by atoms with van der Waals surface area (Å²) >= 11 is 0. The number of rotatable bonds is 5. The summed E-state index contributed by atoms with van der Waals surface area (Å²) in [5.41, 5.74) is 5.63. The molecule has 1 amide bonds. The Kier molecular flexibility index (Phi) is 4.35. The number of carbonyl (C=O) groups excluding carboxylic acids is 1. The van der Waals surface area contributed by atoms with Gasteiger partial charge < -0.3 is 16.4 Å². The van der Waals surface area contributed by atoms with E-state index in [2.05, 4.69) is 24.5 Å². The Bertz CT molecular complexity index is 188. The monoisotopic (exact) mass is 199 g/mol. The minimum atomic E-state index is 0.0826. The Morgan fingerprint density at radius 1 is 1.50 bits per heavy atom. The fourth-order valence-corrected chi connectivity index (χ4v) is 1.45. The topological polar surface area (TPSA) is 67.2 Å². The molecule has 1 aliphatic rings. The molecule has 0 heterocycles. The summed E-state index contributed by atoms with van der Waals surface area (Å²) in [4.78, 5) is 11.3. The van der Waals surface area contributed by atoms with Gasteiger partial charge in [-0.05, 0) is 18.8 Å². The zero-order valence-corrected chi connectivity index (χ0v) is 9.05. The van der Waals surface area contributed by atoms with Crippen LogP contribution in [0.5, 0.6) is 0 Å². The summed E-state index contributed by atoms with van der Waals surface area (Å²) < 4.78 is 0. The minimum absolute atomic E-state index is 0.0826. The third kappa shape index (κ3) is 4.07. The second-order valence-corrected chi connectivity index (χ2v) is 4.51. The van der Waals surface area contributed by atoms with Crippen LogP contribution in [-0.2, 0) is 4.79 Å². The molecule has 4 nitrogen and oxygen atoms in total. The van der Waals surface area contributed by atoms with Crippen molar-refractivity contribution in [1.29, 1.82) is 0 Å². The first-order chi connectivity index (χ1) is 6.58. The zero-order valence-electron chi connectivity index (χ0n) is 9.05. The Balaban J connectivity index is 1.98. The van der Waals surface area contributed by atoms with E-state index >= 15 is 0 Å². The summed E-state index contributed by atoms with van der Waals surface area (Å²) in [5, 5.41) is 6.05. The highest BCUT2D eigenvalue weighted by molar-refractivity contribution is 5.78. The smallest absolute Gasteiger partial charge is 0.233 e. The van der Waals surface area contributed by atoms with Crippen molar-refractivity contribution in [3.05, 3.63) is 0 Å². The molecule has 0 saturated heterocycles. The van der Waals surface area contributed by atoms with E-state index in [-0.39, 0.29) is 5.91 Å². The van der Waals surface area contributed by atoms with Gasteiger partial charge in [0.2, 0.25) is 5.91 Å². The van der Waals surface area contributed by atoms with E-state index in [0.29, 0.717) is 24.5 Å². The van der Waals surface area contributed by atoms with Crippen molar-refractivity contribution in [3.8, 4) is 0 Å². The molecule has 1 aliphatic carbocycles. The lowest BCUT2D eigenvalue weighted by atomic mass is 9.88. The molecule has 0 aliphatic heterocycles. The van der Waals surface area contributed by atoms with Crippen LogP contribution >= 0.6 is 0 Å². The number of nitrogens with one attached hydrogen (secondary N) is 2. The molecule has 1 fully saturated rings. The normalized spacial score (nSPS) is 26.0. The zero-order chi connectivity index (χ0) is 10.6. The highest BCUT2D eigenvalue weighted by atomic mass is 16.1. The van der Waals surface area contributed by atoms with Gasteiger partial charge in [0.05, 0.1) is 6.54 Å². The van der Waals surface area contributed by atoms with Crippen molar-refractivity contribution >= 4 is 5.91 Å². The molecule has 1 rings (SSSR count). The number of amides is 1. The first-order valence-electron chi connectivity index (χ1n) is 5.33. The Hall–Kier alpha value is -0.610. The molecule has 1 saturated carbocycles. The summed E-state index contributed by atoms with van der Waals surface area (Å²) in [5.74, 6) is 0.593.